The Labute approximate surface area is 158 Å². The lowest BCUT2D eigenvalue weighted by atomic mass is 9.86. The summed E-state index contributed by atoms with van der Waals surface area (Å²) in [6, 6.07) is 10.5. The molecule has 3 atom stereocenters. The highest BCUT2D eigenvalue weighted by atomic mass is 32.2. The minimum Gasteiger partial charge on any atom is -0.493 e. The number of rotatable bonds is 5. The van der Waals surface area contributed by atoms with Gasteiger partial charge in [0.1, 0.15) is 11.6 Å². The van der Waals surface area contributed by atoms with Crippen molar-refractivity contribution < 1.29 is 22.3 Å². The van der Waals surface area contributed by atoms with E-state index in [1.54, 1.807) is 6.07 Å². The molecule has 4 rings (SSSR count). The fraction of sp³-hybridized carbons (Fsp3) is 0.450. The molecule has 2 fully saturated rings. The second-order valence-corrected chi connectivity index (χ2v) is 9.72. The maximum Gasteiger partial charge on any atom is 0.150 e. The molecule has 0 amide bonds. The number of ether oxygens (including phenoxy) is 2. The van der Waals surface area contributed by atoms with Gasteiger partial charge >= 0.3 is 0 Å². The van der Waals surface area contributed by atoms with Crippen molar-refractivity contribution >= 4 is 9.84 Å². The van der Waals surface area contributed by atoms with Crippen molar-refractivity contribution in [3.05, 3.63) is 48.4 Å². The Morgan fingerprint density at radius 2 is 2.04 bits per heavy atom. The van der Waals surface area contributed by atoms with Gasteiger partial charge in [0.15, 0.2) is 9.84 Å². The summed E-state index contributed by atoms with van der Waals surface area (Å²) in [4.78, 5) is 4.07. The molecule has 2 aliphatic rings. The number of sulfone groups is 1. The molecule has 1 saturated carbocycles. The molecule has 1 aliphatic carbocycles. The first kappa shape index (κ1) is 18.4. The van der Waals surface area contributed by atoms with Gasteiger partial charge in [0.05, 0.1) is 30.4 Å². The molecule has 1 aromatic carbocycles. The standard InChI is InChI=1S/C20H22FNO4S/c1-27(23,24)19-10-20(19)13-25-9-8-15(20)12-26-17-5-2-14(3-6-17)18-7-4-16(21)11-22-18/h2-7,11,15,19H,8-10,12-13H2,1H3/t15-,19?,20-/m1/s1. The molecule has 1 saturated heterocycles. The molecular weight excluding hydrogens is 369 g/mol. The van der Waals surface area contributed by atoms with E-state index < -0.39 is 9.84 Å². The van der Waals surface area contributed by atoms with Crippen LogP contribution in [0.5, 0.6) is 5.75 Å². The molecular formula is C20H22FNO4S. The van der Waals surface area contributed by atoms with Crippen LogP contribution in [0.3, 0.4) is 0 Å². The largest absolute Gasteiger partial charge is 0.493 e. The van der Waals surface area contributed by atoms with Crippen LogP contribution >= 0.6 is 0 Å². The van der Waals surface area contributed by atoms with Gasteiger partial charge < -0.3 is 9.47 Å². The molecule has 2 aromatic rings. The average molecular weight is 391 g/mol. The third kappa shape index (κ3) is 3.71. The Morgan fingerprint density at radius 3 is 2.67 bits per heavy atom. The highest BCUT2D eigenvalue weighted by molar-refractivity contribution is 7.91. The van der Waals surface area contributed by atoms with Gasteiger partial charge in [-0.05, 0) is 49.2 Å². The number of aromatic nitrogens is 1. The van der Waals surface area contributed by atoms with E-state index in [1.165, 1.54) is 18.5 Å². The summed E-state index contributed by atoms with van der Waals surface area (Å²) in [5.41, 5.74) is 1.29. The molecule has 144 valence electrons. The fourth-order valence-corrected chi connectivity index (χ4v) is 5.78. The van der Waals surface area contributed by atoms with Crippen LogP contribution in [0.1, 0.15) is 12.8 Å². The van der Waals surface area contributed by atoms with Crippen molar-refractivity contribution in [2.75, 3.05) is 26.1 Å². The summed E-state index contributed by atoms with van der Waals surface area (Å²) in [5.74, 6) is 0.528. The minimum absolute atomic E-state index is 0.171. The molecule has 5 nitrogen and oxygen atoms in total. The minimum atomic E-state index is -3.06. The van der Waals surface area contributed by atoms with Crippen molar-refractivity contribution in [1.82, 2.24) is 4.98 Å². The summed E-state index contributed by atoms with van der Waals surface area (Å²) in [6.07, 6.45) is 3.97. The number of benzene rings is 1. The van der Waals surface area contributed by atoms with Crippen molar-refractivity contribution in [1.29, 1.82) is 0 Å². The summed E-state index contributed by atoms with van der Waals surface area (Å²) in [7, 11) is -3.06. The lowest BCUT2D eigenvalue weighted by Crippen LogP contribution is -2.37. The predicted molar refractivity (Wildman–Crippen MR) is 99.7 cm³/mol. The highest BCUT2D eigenvalue weighted by Gasteiger charge is 2.64. The SMILES string of the molecule is CS(=O)(=O)C1C[C@]12COCC[C@@H]2COc1ccc(-c2ccc(F)cn2)cc1. The van der Waals surface area contributed by atoms with Crippen LogP contribution < -0.4 is 4.74 Å². The van der Waals surface area contributed by atoms with Crippen molar-refractivity contribution in [3.63, 3.8) is 0 Å². The van der Waals surface area contributed by atoms with Crippen molar-refractivity contribution in [2.45, 2.75) is 18.1 Å². The first-order valence-corrected chi connectivity index (χ1v) is 11.0. The zero-order valence-corrected chi connectivity index (χ0v) is 15.9. The highest BCUT2D eigenvalue weighted by Crippen LogP contribution is 2.58. The number of hydrogen-bond donors (Lipinski definition) is 0. The van der Waals surface area contributed by atoms with Gasteiger partial charge in [-0.15, -0.1) is 0 Å². The summed E-state index contributed by atoms with van der Waals surface area (Å²) in [6.45, 7) is 1.61. The Morgan fingerprint density at radius 1 is 1.26 bits per heavy atom. The van der Waals surface area contributed by atoms with Gasteiger partial charge in [-0.1, -0.05) is 0 Å². The second-order valence-electron chi connectivity index (χ2n) is 7.49. The van der Waals surface area contributed by atoms with Crippen molar-refractivity contribution in [2.24, 2.45) is 11.3 Å². The lowest BCUT2D eigenvalue weighted by molar-refractivity contribution is -0.0119. The van der Waals surface area contributed by atoms with E-state index in [9.17, 15) is 12.8 Å². The second kappa shape index (κ2) is 6.87. The van der Waals surface area contributed by atoms with E-state index in [2.05, 4.69) is 4.98 Å². The van der Waals surface area contributed by atoms with Crippen LogP contribution in [-0.4, -0.2) is 44.7 Å². The van der Waals surface area contributed by atoms with Gasteiger partial charge in [0.25, 0.3) is 0 Å². The summed E-state index contributed by atoms with van der Waals surface area (Å²) >= 11 is 0. The van der Waals surface area contributed by atoms with Crippen LogP contribution in [-0.2, 0) is 14.6 Å². The van der Waals surface area contributed by atoms with Crippen LogP contribution in [0.15, 0.2) is 42.6 Å². The van der Waals surface area contributed by atoms with Crippen LogP contribution in [0.25, 0.3) is 11.3 Å². The number of hydrogen-bond acceptors (Lipinski definition) is 5. The van der Waals surface area contributed by atoms with Crippen LogP contribution in [0, 0.1) is 17.2 Å². The molecule has 7 heteroatoms. The van der Waals surface area contributed by atoms with E-state index >= 15 is 0 Å². The molecule has 0 bridgehead atoms. The monoisotopic (exact) mass is 391 g/mol. The molecule has 1 aromatic heterocycles. The maximum atomic E-state index is 13.0. The summed E-state index contributed by atoms with van der Waals surface area (Å²) in [5, 5.41) is -0.314. The number of pyridine rings is 1. The number of nitrogens with zero attached hydrogens (tertiary/aromatic N) is 1. The first-order chi connectivity index (χ1) is 12.9. The zero-order valence-electron chi connectivity index (χ0n) is 15.1. The molecule has 2 heterocycles. The Hall–Kier alpha value is -1.99. The fourth-order valence-electron chi connectivity index (χ4n) is 4.05. The van der Waals surface area contributed by atoms with Gasteiger partial charge in [-0.3, -0.25) is 4.98 Å². The molecule has 0 N–H and O–H groups in total. The van der Waals surface area contributed by atoms with Crippen molar-refractivity contribution in [3.8, 4) is 17.0 Å². The summed E-state index contributed by atoms with van der Waals surface area (Å²) < 4.78 is 48.4. The lowest BCUT2D eigenvalue weighted by Gasteiger charge is -2.32. The van der Waals surface area contributed by atoms with Gasteiger partial charge in [0.2, 0.25) is 0 Å². The Balaban J connectivity index is 1.42. The van der Waals surface area contributed by atoms with Gasteiger partial charge in [-0.2, -0.15) is 0 Å². The van der Waals surface area contributed by atoms with E-state index in [0.717, 1.165) is 17.7 Å². The normalized spacial score (nSPS) is 27.5. The van der Waals surface area contributed by atoms with E-state index in [0.29, 0.717) is 31.9 Å². The smallest absolute Gasteiger partial charge is 0.150 e. The Kier molecular flexibility index (Phi) is 4.68. The third-order valence-electron chi connectivity index (χ3n) is 5.69. The molecule has 1 unspecified atom stereocenters. The van der Waals surface area contributed by atoms with E-state index in [-0.39, 0.29) is 22.4 Å². The molecule has 1 aliphatic heterocycles. The first-order valence-electron chi connectivity index (χ1n) is 9.00. The molecule has 0 radical (unpaired) electrons. The Bertz CT molecular complexity index is 914. The quantitative estimate of drug-likeness (QED) is 0.784. The van der Waals surface area contributed by atoms with E-state index in [4.69, 9.17) is 9.47 Å². The molecule has 1 spiro atoms. The average Bonchev–Trinajstić information content (AvgIpc) is 3.37. The van der Waals surface area contributed by atoms with E-state index in [1.807, 2.05) is 24.3 Å². The number of halogens is 1. The van der Waals surface area contributed by atoms with Crippen LogP contribution in [0.2, 0.25) is 0 Å². The zero-order chi connectivity index (χ0) is 19.1. The van der Waals surface area contributed by atoms with Gasteiger partial charge in [-0.25, -0.2) is 12.8 Å². The topological polar surface area (TPSA) is 65.5 Å². The predicted octanol–water partition coefficient (Wildman–Crippen LogP) is 3.11. The molecule has 27 heavy (non-hydrogen) atoms. The third-order valence-corrected chi connectivity index (χ3v) is 7.36. The maximum absolute atomic E-state index is 13.0. The van der Waals surface area contributed by atoms with Crippen LogP contribution in [0.4, 0.5) is 4.39 Å². The van der Waals surface area contributed by atoms with Gasteiger partial charge in [0, 0.05) is 29.8 Å².